The van der Waals surface area contributed by atoms with Crippen LogP contribution in [0, 0.1) is 5.92 Å². The molecule has 3 rings (SSSR count). The molecule has 0 aromatic heterocycles. The van der Waals surface area contributed by atoms with E-state index < -0.39 is 0 Å². The summed E-state index contributed by atoms with van der Waals surface area (Å²) in [5.41, 5.74) is 1.39. The molecule has 2 aliphatic rings. The third-order valence-electron chi connectivity index (χ3n) is 4.87. The Hall–Kier alpha value is -0.570. The Morgan fingerprint density at radius 1 is 1.30 bits per heavy atom. The van der Waals surface area contributed by atoms with Crippen LogP contribution in [0.15, 0.2) is 24.3 Å². The van der Waals surface area contributed by atoms with E-state index >= 15 is 0 Å². The quantitative estimate of drug-likeness (QED) is 0.913. The van der Waals surface area contributed by atoms with Crippen LogP contribution in [-0.2, 0) is 0 Å². The molecule has 20 heavy (non-hydrogen) atoms. The van der Waals surface area contributed by atoms with Gasteiger partial charge in [-0.1, -0.05) is 30.2 Å². The second-order valence-electron chi connectivity index (χ2n) is 6.61. The van der Waals surface area contributed by atoms with E-state index in [0.29, 0.717) is 12.0 Å². The third kappa shape index (κ3) is 3.55. The Balaban J connectivity index is 1.60. The van der Waals surface area contributed by atoms with Gasteiger partial charge in [0.15, 0.2) is 0 Å². The summed E-state index contributed by atoms with van der Waals surface area (Å²) < 4.78 is 0. The summed E-state index contributed by atoms with van der Waals surface area (Å²) in [7, 11) is 2.23. The van der Waals surface area contributed by atoms with E-state index in [-0.39, 0.29) is 0 Å². The number of halogens is 1. The lowest BCUT2D eigenvalue weighted by molar-refractivity contribution is 0.190. The molecule has 1 aromatic carbocycles. The van der Waals surface area contributed by atoms with E-state index in [0.717, 1.165) is 17.5 Å². The van der Waals surface area contributed by atoms with Crippen LogP contribution in [-0.4, -0.2) is 37.6 Å². The first-order valence-electron chi connectivity index (χ1n) is 7.88. The fraction of sp³-hybridized carbons (Fsp3) is 0.647. The van der Waals surface area contributed by atoms with Gasteiger partial charge >= 0.3 is 0 Å². The maximum absolute atomic E-state index is 6.14. The van der Waals surface area contributed by atoms with Crippen LogP contribution in [0.3, 0.4) is 0 Å². The van der Waals surface area contributed by atoms with Crippen molar-refractivity contribution in [2.24, 2.45) is 5.92 Å². The Morgan fingerprint density at radius 2 is 2.15 bits per heavy atom. The van der Waals surface area contributed by atoms with Crippen LogP contribution >= 0.6 is 11.6 Å². The number of hydrogen-bond acceptors (Lipinski definition) is 2. The molecule has 0 bridgehead atoms. The van der Waals surface area contributed by atoms with Crippen LogP contribution in [0.5, 0.6) is 0 Å². The molecule has 1 saturated heterocycles. The van der Waals surface area contributed by atoms with E-state index in [1.54, 1.807) is 0 Å². The largest absolute Gasteiger partial charge is 0.312 e. The molecule has 1 aliphatic heterocycles. The summed E-state index contributed by atoms with van der Waals surface area (Å²) in [6.45, 7) is 3.52. The predicted octanol–water partition coefficient (Wildman–Crippen LogP) is 3.52. The number of benzene rings is 1. The van der Waals surface area contributed by atoms with Crippen LogP contribution < -0.4 is 5.32 Å². The molecule has 0 spiro atoms. The number of nitrogens with one attached hydrogen (secondary N) is 1. The maximum Gasteiger partial charge on any atom is 0.0408 e. The van der Waals surface area contributed by atoms with Gasteiger partial charge in [0.1, 0.15) is 0 Å². The molecule has 3 heteroatoms. The van der Waals surface area contributed by atoms with Crippen molar-refractivity contribution in [3.05, 3.63) is 34.9 Å². The van der Waals surface area contributed by atoms with E-state index in [4.69, 9.17) is 11.6 Å². The van der Waals surface area contributed by atoms with Crippen LogP contribution in [0.2, 0.25) is 5.02 Å². The van der Waals surface area contributed by atoms with Crippen LogP contribution in [0.4, 0.5) is 0 Å². The van der Waals surface area contributed by atoms with Gasteiger partial charge in [0, 0.05) is 24.2 Å². The smallest absolute Gasteiger partial charge is 0.0408 e. The molecule has 0 amide bonds. The molecule has 1 heterocycles. The Morgan fingerprint density at radius 3 is 2.85 bits per heavy atom. The van der Waals surface area contributed by atoms with E-state index in [9.17, 15) is 0 Å². The van der Waals surface area contributed by atoms with Gasteiger partial charge in [-0.3, -0.25) is 0 Å². The van der Waals surface area contributed by atoms with Crippen LogP contribution in [0.1, 0.15) is 37.2 Å². The summed E-state index contributed by atoms with van der Waals surface area (Å²) in [4.78, 5) is 2.45. The minimum atomic E-state index is 0.603. The molecular weight excluding hydrogens is 268 g/mol. The molecular formula is C17H25ClN2. The third-order valence-corrected chi connectivity index (χ3v) is 5.11. The number of hydrogen-bond donors (Lipinski definition) is 1. The first-order chi connectivity index (χ1) is 9.70. The molecule has 1 saturated carbocycles. The molecule has 2 atom stereocenters. The summed E-state index contributed by atoms with van der Waals surface area (Å²) >= 11 is 6.14. The lowest BCUT2D eigenvalue weighted by Crippen LogP contribution is -2.48. The molecule has 1 aliphatic carbocycles. The van der Waals surface area contributed by atoms with Crippen LogP contribution in [0.25, 0.3) is 0 Å². The van der Waals surface area contributed by atoms with Crippen molar-refractivity contribution in [2.45, 2.75) is 37.6 Å². The van der Waals surface area contributed by atoms with Gasteiger partial charge < -0.3 is 10.2 Å². The molecule has 2 fully saturated rings. The molecule has 2 nitrogen and oxygen atoms in total. The number of piperidine rings is 1. The summed E-state index contributed by atoms with van der Waals surface area (Å²) in [6, 6.07) is 9.01. The highest BCUT2D eigenvalue weighted by Gasteiger charge is 2.27. The average molecular weight is 293 g/mol. The maximum atomic E-state index is 6.14. The zero-order valence-electron chi connectivity index (χ0n) is 12.3. The van der Waals surface area contributed by atoms with Crippen molar-refractivity contribution in [2.75, 3.05) is 26.7 Å². The zero-order valence-corrected chi connectivity index (χ0v) is 13.1. The van der Waals surface area contributed by atoms with Gasteiger partial charge in [0.05, 0.1) is 0 Å². The Kier molecular flexibility index (Phi) is 4.65. The summed E-state index contributed by atoms with van der Waals surface area (Å²) in [6.07, 6.45) is 5.51. The van der Waals surface area contributed by atoms with Gasteiger partial charge in [-0.15, -0.1) is 0 Å². The number of rotatable bonds is 4. The first-order valence-corrected chi connectivity index (χ1v) is 8.26. The number of nitrogens with zero attached hydrogens (tertiary/aromatic N) is 1. The van der Waals surface area contributed by atoms with Crippen molar-refractivity contribution in [3.63, 3.8) is 0 Å². The van der Waals surface area contributed by atoms with Gasteiger partial charge in [0.2, 0.25) is 0 Å². The minimum Gasteiger partial charge on any atom is -0.312 e. The SMILES string of the molecule is CN1CC(NCC2CCC2)CC(c2cccc(Cl)c2)C1. The monoisotopic (exact) mass is 292 g/mol. The number of likely N-dealkylation sites (N-methyl/N-ethyl adjacent to an activating group) is 1. The van der Waals surface area contributed by atoms with Crippen molar-refractivity contribution < 1.29 is 0 Å². The van der Waals surface area contributed by atoms with Crippen molar-refractivity contribution in [1.82, 2.24) is 10.2 Å². The average Bonchev–Trinajstić information content (AvgIpc) is 2.36. The lowest BCUT2D eigenvalue weighted by Gasteiger charge is -2.38. The van der Waals surface area contributed by atoms with Crippen molar-refractivity contribution in [3.8, 4) is 0 Å². The summed E-state index contributed by atoms with van der Waals surface area (Å²) in [5.74, 6) is 1.54. The Labute approximate surface area is 127 Å². The van der Waals surface area contributed by atoms with Gasteiger partial charge in [-0.05, 0) is 62.4 Å². The van der Waals surface area contributed by atoms with E-state index in [2.05, 4.69) is 35.5 Å². The fourth-order valence-electron chi connectivity index (χ4n) is 3.50. The second kappa shape index (κ2) is 6.46. The highest BCUT2D eigenvalue weighted by Crippen LogP contribution is 2.29. The predicted molar refractivity (Wildman–Crippen MR) is 85.4 cm³/mol. The highest BCUT2D eigenvalue weighted by atomic mass is 35.5. The Bertz CT molecular complexity index is 444. The standard InChI is InChI=1S/C17H25ClN2/c1-20-11-15(14-6-3-7-16(18)8-14)9-17(12-20)19-10-13-4-2-5-13/h3,6-8,13,15,17,19H,2,4-5,9-12H2,1H3. The van der Waals surface area contributed by atoms with E-state index in [1.807, 2.05) is 6.07 Å². The molecule has 110 valence electrons. The molecule has 1 N–H and O–H groups in total. The summed E-state index contributed by atoms with van der Waals surface area (Å²) in [5, 5.41) is 4.65. The minimum absolute atomic E-state index is 0.603. The second-order valence-corrected chi connectivity index (χ2v) is 7.05. The normalized spacial score (nSPS) is 28.3. The van der Waals surface area contributed by atoms with Gasteiger partial charge in [-0.2, -0.15) is 0 Å². The highest BCUT2D eigenvalue weighted by molar-refractivity contribution is 6.30. The van der Waals surface area contributed by atoms with Gasteiger partial charge in [0.25, 0.3) is 0 Å². The van der Waals surface area contributed by atoms with Crippen molar-refractivity contribution >= 4 is 11.6 Å². The zero-order chi connectivity index (χ0) is 13.9. The lowest BCUT2D eigenvalue weighted by atomic mass is 9.84. The number of likely N-dealkylation sites (tertiary alicyclic amines) is 1. The van der Waals surface area contributed by atoms with Gasteiger partial charge in [-0.25, -0.2) is 0 Å². The first kappa shape index (κ1) is 14.4. The van der Waals surface area contributed by atoms with E-state index in [1.165, 1.54) is 44.3 Å². The topological polar surface area (TPSA) is 15.3 Å². The molecule has 2 unspecified atom stereocenters. The van der Waals surface area contributed by atoms with Crippen molar-refractivity contribution in [1.29, 1.82) is 0 Å². The fourth-order valence-corrected chi connectivity index (χ4v) is 3.70. The molecule has 1 aromatic rings. The molecule has 0 radical (unpaired) electrons.